The van der Waals surface area contributed by atoms with Crippen molar-refractivity contribution >= 4 is 33.0 Å². The van der Waals surface area contributed by atoms with Crippen LogP contribution in [0, 0.1) is 10.1 Å². The van der Waals surface area contributed by atoms with E-state index in [0.717, 1.165) is 43.3 Å². The van der Waals surface area contributed by atoms with E-state index in [9.17, 15) is 18.5 Å². The molecule has 0 radical (unpaired) electrons. The Morgan fingerprint density at radius 2 is 2.05 bits per heavy atom. The van der Waals surface area contributed by atoms with E-state index >= 15 is 0 Å². The Kier molecular flexibility index (Phi) is 4.54. The molecule has 8 heteroatoms. The molecule has 20 heavy (non-hydrogen) atoms. The first-order chi connectivity index (χ1) is 9.39. The Labute approximate surface area is 122 Å². The van der Waals surface area contributed by atoms with E-state index in [0.29, 0.717) is 5.69 Å². The molecule has 1 aromatic carbocycles. The minimum atomic E-state index is -3.44. The number of sulfone groups is 1. The fourth-order valence-electron chi connectivity index (χ4n) is 2.13. The Morgan fingerprint density at radius 3 is 2.70 bits per heavy atom. The van der Waals surface area contributed by atoms with Gasteiger partial charge < -0.3 is 4.90 Å². The summed E-state index contributed by atoms with van der Waals surface area (Å²) in [5, 5.41) is 11.2. The molecular weight excluding hydrogens is 300 g/mol. The lowest BCUT2D eigenvalue weighted by molar-refractivity contribution is -0.384. The second-order valence-electron chi connectivity index (χ2n) is 4.63. The topological polar surface area (TPSA) is 80.5 Å². The normalized spacial score (nSPS) is 16.8. The molecule has 0 amide bonds. The van der Waals surface area contributed by atoms with Gasteiger partial charge in [-0.25, -0.2) is 8.42 Å². The van der Waals surface area contributed by atoms with Gasteiger partial charge in [-0.15, -0.1) is 0 Å². The van der Waals surface area contributed by atoms with Gasteiger partial charge in [0.25, 0.3) is 5.69 Å². The van der Waals surface area contributed by atoms with Crippen molar-refractivity contribution in [2.45, 2.75) is 11.3 Å². The molecule has 1 heterocycles. The highest BCUT2D eigenvalue weighted by molar-refractivity contribution is 7.99. The summed E-state index contributed by atoms with van der Waals surface area (Å²) in [4.78, 5) is 12.6. The van der Waals surface area contributed by atoms with Gasteiger partial charge in [0.05, 0.1) is 9.82 Å². The first-order valence-electron chi connectivity index (χ1n) is 6.21. The van der Waals surface area contributed by atoms with Gasteiger partial charge >= 0.3 is 0 Å². The van der Waals surface area contributed by atoms with Gasteiger partial charge in [0.1, 0.15) is 5.69 Å². The summed E-state index contributed by atoms with van der Waals surface area (Å²) in [6.45, 7) is 1.50. The van der Waals surface area contributed by atoms with E-state index < -0.39 is 14.8 Å². The van der Waals surface area contributed by atoms with Crippen molar-refractivity contribution < 1.29 is 13.3 Å². The van der Waals surface area contributed by atoms with E-state index in [4.69, 9.17) is 0 Å². The van der Waals surface area contributed by atoms with Crippen LogP contribution in [0.5, 0.6) is 0 Å². The molecule has 0 unspecified atom stereocenters. The summed E-state index contributed by atoms with van der Waals surface area (Å²) >= 11 is 1.83. The Bertz CT molecular complexity index is 608. The molecule has 0 aliphatic carbocycles. The second kappa shape index (κ2) is 6.01. The summed E-state index contributed by atoms with van der Waals surface area (Å²) < 4.78 is 23.0. The SMILES string of the molecule is CS(=O)(=O)c1ccc(N2CCCSCC2)c([N+](=O)[O-])c1. The highest BCUT2D eigenvalue weighted by Gasteiger charge is 2.23. The van der Waals surface area contributed by atoms with Crippen LogP contribution in [0.1, 0.15) is 6.42 Å². The Hall–Kier alpha value is -1.28. The second-order valence-corrected chi connectivity index (χ2v) is 7.87. The van der Waals surface area contributed by atoms with Crippen molar-refractivity contribution in [2.75, 3.05) is 35.8 Å². The molecule has 1 aromatic rings. The van der Waals surface area contributed by atoms with Crippen molar-refractivity contribution in [2.24, 2.45) is 0 Å². The molecule has 1 aliphatic rings. The van der Waals surface area contributed by atoms with Crippen LogP contribution in [-0.4, -0.2) is 44.2 Å². The van der Waals surface area contributed by atoms with E-state index in [1.807, 2.05) is 16.7 Å². The zero-order valence-corrected chi connectivity index (χ0v) is 12.7. The number of rotatable bonds is 3. The Balaban J connectivity index is 2.44. The fourth-order valence-corrected chi connectivity index (χ4v) is 3.66. The summed E-state index contributed by atoms with van der Waals surface area (Å²) in [5.41, 5.74) is 0.365. The van der Waals surface area contributed by atoms with Crippen LogP contribution < -0.4 is 4.90 Å². The standard InChI is InChI=1S/C12H16N2O4S2/c1-20(17,18)10-3-4-11(12(9-10)14(15)16)13-5-2-7-19-8-6-13/h3-4,9H,2,5-8H2,1H3. The molecule has 0 bridgehead atoms. The molecule has 6 nitrogen and oxygen atoms in total. The third-order valence-corrected chi connectivity index (χ3v) is 5.29. The summed E-state index contributed by atoms with van der Waals surface area (Å²) in [6, 6.07) is 4.14. The van der Waals surface area contributed by atoms with Crippen molar-refractivity contribution in [1.29, 1.82) is 0 Å². The number of nitro groups is 1. The molecule has 1 aliphatic heterocycles. The first kappa shape index (κ1) is 15.1. The molecule has 0 aromatic heterocycles. The zero-order valence-electron chi connectivity index (χ0n) is 11.1. The van der Waals surface area contributed by atoms with Crippen LogP contribution in [0.3, 0.4) is 0 Å². The maximum absolute atomic E-state index is 11.5. The van der Waals surface area contributed by atoms with Gasteiger partial charge in [-0.05, 0) is 24.3 Å². The molecule has 2 rings (SSSR count). The highest BCUT2D eigenvalue weighted by atomic mass is 32.2. The van der Waals surface area contributed by atoms with Crippen LogP contribution >= 0.6 is 11.8 Å². The van der Waals surface area contributed by atoms with Gasteiger partial charge in [-0.2, -0.15) is 11.8 Å². The smallest absolute Gasteiger partial charge is 0.293 e. The Morgan fingerprint density at radius 1 is 1.30 bits per heavy atom. The third kappa shape index (κ3) is 3.43. The lowest BCUT2D eigenvalue weighted by Crippen LogP contribution is -2.26. The molecular formula is C12H16N2O4S2. The van der Waals surface area contributed by atoms with E-state index in [-0.39, 0.29) is 10.6 Å². The lowest BCUT2D eigenvalue weighted by Gasteiger charge is -2.22. The largest absolute Gasteiger partial charge is 0.365 e. The van der Waals surface area contributed by atoms with Gasteiger partial charge in [0.15, 0.2) is 9.84 Å². The lowest BCUT2D eigenvalue weighted by atomic mass is 10.2. The van der Waals surface area contributed by atoms with E-state index in [2.05, 4.69) is 0 Å². The molecule has 1 saturated heterocycles. The van der Waals surface area contributed by atoms with Crippen LogP contribution in [0.4, 0.5) is 11.4 Å². The third-order valence-electron chi connectivity index (χ3n) is 3.13. The number of nitrogens with zero attached hydrogens (tertiary/aromatic N) is 2. The number of anilines is 1. The minimum Gasteiger partial charge on any atom is -0.365 e. The molecule has 0 N–H and O–H groups in total. The predicted octanol–water partition coefficient (Wildman–Crippen LogP) is 1.94. The van der Waals surface area contributed by atoms with Gasteiger partial charge in [0.2, 0.25) is 0 Å². The van der Waals surface area contributed by atoms with Crippen LogP contribution in [0.15, 0.2) is 23.1 Å². The van der Waals surface area contributed by atoms with Crippen molar-refractivity contribution in [3.8, 4) is 0 Å². The molecule has 110 valence electrons. The number of thioether (sulfide) groups is 1. The highest BCUT2D eigenvalue weighted by Crippen LogP contribution is 2.32. The molecule has 0 atom stereocenters. The van der Waals surface area contributed by atoms with Crippen molar-refractivity contribution in [3.63, 3.8) is 0 Å². The maximum atomic E-state index is 11.5. The monoisotopic (exact) mass is 316 g/mol. The maximum Gasteiger partial charge on any atom is 0.293 e. The molecule has 0 saturated carbocycles. The average Bonchev–Trinajstić information content (AvgIpc) is 2.65. The summed E-state index contributed by atoms with van der Waals surface area (Å²) in [5.74, 6) is 1.97. The average molecular weight is 316 g/mol. The van der Waals surface area contributed by atoms with Crippen molar-refractivity contribution in [1.82, 2.24) is 0 Å². The predicted molar refractivity (Wildman–Crippen MR) is 80.4 cm³/mol. The molecule has 0 spiro atoms. The van der Waals surface area contributed by atoms with Crippen LogP contribution in [0.25, 0.3) is 0 Å². The van der Waals surface area contributed by atoms with E-state index in [1.165, 1.54) is 6.07 Å². The van der Waals surface area contributed by atoms with Gasteiger partial charge in [0, 0.05) is 31.2 Å². The fraction of sp³-hybridized carbons (Fsp3) is 0.500. The first-order valence-corrected chi connectivity index (χ1v) is 9.25. The van der Waals surface area contributed by atoms with E-state index in [1.54, 1.807) is 6.07 Å². The number of benzene rings is 1. The zero-order chi connectivity index (χ0) is 14.8. The van der Waals surface area contributed by atoms with Crippen LogP contribution in [-0.2, 0) is 9.84 Å². The summed E-state index contributed by atoms with van der Waals surface area (Å²) in [7, 11) is -3.44. The van der Waals surface area contributed by atoms with Gasteiger partial charge in [-0.1, -0.05) is 0 Å². The van der Waals surface area contributed by atoms with Gasteiger partial charge in [-0.3, -0.25) is 10.1 Å². The molecule has 1 fully saturated rings. The quantitative estimate of drug-likeness (QED) is 0.626. The number of nitro benzene ring substituents is 1. The summed E-state index contributed by atoms with van der Waals surface area (Å²) in [6.07, 6.45) is 2.02. The minimum absolute atomic E-state index is 0.0165. The number of hydrogen-bond acceptors (Lipinski definition) is 6. The van der Waals surface area contributed by atoms with Crippen molar-refractivity contribution in [3.05, 3.63) is 28.3 Å². The number of hydrogen-bond donors (Lipinski definition) is 0. The van der Waals surface area contributed by atoms with Crippen LogP contribution in [0.2, 0.25) is 0 Å².